The number of carbonyl (C=O) groups is 2. The van der Waals surface area contributed by atoms with Crippen molar-refractivity contribution in [1.82, 2.24) is 10.3 Å². The average molecular weight is 614 g/mol. The summed E-state index contributed by atoms with van der Waals surface area (Å²) in [6, 6.07) is 21.3. The zero-order valence-corrected chi connectivity index (χ0v) is 24.6. The molecule has 6 rings (SSSR count). The number of carbonyl (C=O) groups excluding carboxylic acids is 2. The highest BCUT2D eigenvalue weighted by Gasteiger charge is 2.42. The molecular formula is C35H30F3N3O4. The van der Waals surface area contributed by atoms with Gasteiger partial charge < -0.3 is 19.8 Å². The Morgan fingerprint density at radius 1 is 1.02 bits per heavy atom. The van der Waals surface area contributed by atoms with Gasteiger partial charge in [0.1, 0.15) is 29.7 Å². The van der Waals surface area contributed by atoms with E-state index in [9.17, 15) is 22.8 Å². The molecule has 2 atom stereocenters. The Kier molecular flexibility index (Phi) is 8.05. The van der Waals surface area contributed by atoms with Crippen LogP contribution in [0.4, 0.5) is 19.0 Å². The van der Waals surface area contributed by atoms with Crippen LogP contribution in [0.15, 0.2) is 112 Å². The molecule has 2 aromatic carbocycles. The number of furan rings is 1. The largest absolute Gasteiger partial charge is 0.486 e. The summed E-state index contributed by atoms with van der Waals surface area (Å²) in [4.78, 5) is 32.0. The Morgan fingerprint density at radius 3 is 2.58 bits per heavy atom. The number of aryl methyl sites for hydroxylation is 1. The number of Topliss-reactive ketones (excluding diaryl/α,β-unsaturated/α-hetero) is 1. The molecule has 1 aliphatic carbocycles. The first kappa shape index (κ1) is 29.9. The van der Waals surface area contributed by atoms with Gasteiger partial charge in [-0.2, -0.15) is 13.2 Å². The van der Waals surface area contributed by atoms with Crippen molar-refractivity contribution in [3.05, 3.63) is 136 Å². The predicted molar refractivity (Wildman–Crippen MR) is 161 cm³/mol. The number of aromatic nitrogens is 1. The first-order valence-corrected chi connectivity index (χ1v) is 14.5. The molecule has 2 aromatic heterocycles. The number of anilines is 1. The molecule has 0 radical (unpaired) electrons. The first-order chi connectivity index (χ1) is 21.6. The standard InChI is InChI=1S/C35H30F3N3O4/c1-20-13-14-39-30(15-20)41-34(43)31-21(2)40-27-16-23(22-7-4-3-5-8-22)17-28(42)32(27)33(31)29-12-11-26(45-29)19-44-25-10-6-9-24(18-25)35(36,37)38/h3-15,18,23,33,40H,16-17,19H2,1-2H3,(H,39,41,43)/t23-,33+/m1/s1. The van der Waals surface area contributed by atoms with Crippen LogP contribution in [-0.4, -0.2) is 16.7 Å². The van der Waals surface area contributed by atoms with E-state index in [0.29, 0.717) is 40.6 Å². The fourth-order valence-corrected chi connectivity index (χ4v) is 5.92. The number of ether oxygens (including phenoxy) is 1. The van der Waals surface area contributed by atoms with Crippen LogP contribution >= 0.6 is 0 Å². The number of benzene rings is 2. The quantitative estimate of drug-likeness (QED) is 0.223. The number of halogens is 3. The molecule has 1 amide bonds. The number of nitrogens with zero attached hydrogens (tertiary/aromatic N) is 1. The molecule has 2 N–H and O–H groups in total. The molecule has 0 bridgehead atoms. The fraction of sp³-hybridized carbons (Fsp3) is 0.229. The molecule has 0 spiro atoms. The van der Waals surface area contributed by atoms with Gasteiger partial charge in [-0.1, -0.05) is 36.4 Å². The Balaban J connectivity index is 1.33. The number of nitrogens with one attached hydrogen (secondary N) is 2. The molecule has 45 heavy (non-hydrogen) atoms. The molecule has 4 aromatic rings. The Morgan fingerprint density at radius 2 is 1.82 bits per heavy atom. The summed E-state index contributed by atoms with van der Waals surface area (Å²) in [5.74, 6) is -0.321. The lowest BCUT2D eigenvalue weighted by Crippen LogP contribution is -2.37. The molecule has 10 heteroatoms. The zero-order valence-electron chi connectivity index (χ0n) is 24.6. The maximum absolute atomic E-state index is 13.9. The molecular weight excluding hydrogens is 583 g/mol. The first-order valence-electron chi connectivity index (χ1n) is 14.5. The number of pyridine rings is 1. The summed E-state index contributed by atoms with van der Waals surface area (Å²) in [5, 5.41) is 6.20. The summed E-state index contributed by atoms with van der Waals surface area (Å²) < 4.78 is 51.3. The topological polar surface area (TPSA) is 93.5 Å². The van der Waals surface area contributed by atoms with E-state index < -0.39 is 23.6 Å². The van der Waals surface area contributed by atoms with Gasteiger partial charge in [-0.15, -0.1) is 0 Å². The van der Waals surface area contributed by atoms with E-state index in [-0.39, 0.29) is 30.5 Å². The van der Waals surface area contributed by atoms with E-state index in [1.54, 1.807) is 31.3 Å². The van der Waals surface area contributed by atoms with E-state index in [1.165, 1.54) is 12.1 Å². The SMILES string of the molecule is CC1=C(C(=O)Nc2cc(C)ccn2)[C@H](c2ccc(COc3cccc(C(F)(F)F)c3)o2)C2=C(C[C@@H](c3ccccc3)CC2=O)N1. The van der Waals surface area contributed by atoms with Gasteiger partial charge in [-0.05, 0) is 79.8 Å². The molecule has 3 heterocycles. The predicted octanol–water partition coefficient (Wildman–Crippen LogP) is 7.58. The summed E-state index contributed by atoms with van der Waals surface area (Å²) in [6.07, 6.45) is -2.07. The normalized spacial score (nSPS) is 18.4. The molecule has 0 saturated carbocycles. The number of ketones is 1. The maximum atomic E-state index is 13.9. The molecule has 0 unspecified atom stereocenters. The molecule has 1 aliphatic heterocycles. The van der Waals surface area contributed by atoms with Crippen LogP contribution in [0.5, 0.6) is 5.75 Å². The highest BCUT2D eigenvalue weighted by molar-refractivity contribution is 6.09. The van der Waals surface area contributed by atoms with Crippen molar-refractivity contribution >= 4 is 17.5 Å². The third-order valence-electron chi connectivity index (χ3n) is 8.01. The van der Waals surface area contributed by atoms with Crippen molar-refractivity contribution in [2.24, 2.45) is 0 Å². The molecule has 0 saturated heterocycles. The summed E-state index contributed by atoms with van der Waals surface area (Å²) >= 11 is 0. The highest BCUT2D eigenvalue weighted by atomic mass is 19.4. The minimum absolute atomic E-state index is 0.0294. The minimum Gasteiger partial charge on any atom is -0.486 e. The van der Waals surface area contributed by atoms with Crippen molar-refractivity contribution in [2.75, 3.05) is 5.32 Å². The molecule has 7 nitrogen and oxygen atoms in total. The van der Waals surface area contributed by atoms with Crippen molar-refractivity contribution in [1.29, 1.82) is 0 Å². The number of hydrogen-bond acceptors (Lipinski definition) is 6. The van der Waals surface area contributed by atoms with Crippen LogP contribution in [0.25, 0.3) is 0 Å². The van der Waals surface area contributed by atoms with Gasteiger partial charge in [0.25, 0.3) is 5.91 Å². The van der Waals surface area contributed by atoms with Gasteiger partial charge in [-0.3, -0.25) is 9.59 Å². The van der Waals surface area contributed by atoms with Crippen LogP contribution in [-0.2, 0) is 22.4 Å². The Bertz CT molecular complexity index is 1820. The van der Waals surface area contributed by atoms with Crippen molar-refractivity contribution in [2.45, 2.75) is 51.3 Å². The van der Waals surface area contributed by atoms with Crippen molar-refractivity contribution in [3.8, 4) is 5.75 Å². The monoisotopic (exact) mass is 613 g/mol. The lowest BCUT2D eigenvalue weighted by atomic mass is 9.73. The van der Waals surface area contributed by atoms with Crippen molar-refractivity contribution in [3.63, 3.8) is 0 Å². The van der Waals surface area contributed by atoms with Gasteiger partial charge in [0, 0.05) is 29.6 Å². The van der Waals surface area contributed by atoms with Gasteiger partial charge >= 0.3 is 6.18 Å². The second-order valence-electron chi connectivity index (χ2n) is 11.2. The summed E-state index contributed by atoms with van der Waals surface area (Å²) in [5.41, 5.74) is 3.21. The van der Waals surface area contributed by atoms with Gasteiger partial charge in [0.05, 0.1) is 17.1 Å². The number of rotatable bonds is 7. The molecule has 230 valence electrons. The van der Waals surface area contributed by atoms with E-state index in [0.717, 1.165) is 29.0 Å². The second kappa shape index (κ2) is 12.1. The number of alkyl halides is 3. The Labute approximate surface area is 257 Å². The lowest BCUT2D eigenvalue weighted by Gasteiger charge is -2.36. The van der Waals surface area contributed by atoms with E-state index in [1.807, 2.05) is 43.3 Å². The van der Waals surface area contributed by atoms with Crippen LogP contribution in [0.3, 0.4) is 0 Å². The summed E-state index contributed by atoms with van der Waals surface area (Å²) in [6.45, 7) is 3.52. The van der Waals surface area contributed by atoms with Gasteiger partial charge in [0.2, 0.25) is 0 Å². The second-order valence-corrected chi connectivity index (χ2v) is 11.2. The third-order valence-corrected chi connectivity index (χ3v) is 8.01. The van der Waals surface area contributed by atoms with Crippen LogP contribution < -0.4 is 15.4 Å². The average Bonchev–Trinajstić information content (AvgIpc) is 3.48. The van der Waals surface area contributed by atoms with E-state index in [4.69, 9.17) is 9.15 Å². The van der Waals surface area contributed by atoms with Gasteiger partial charge in [-0.25, -0.2) is 4.98 Å². The lowest BCUT2D eigenvalue weighted by molar-refractivity contribution is -0.137. The fourth-order valence-electron chi connectivity index (χ4n) is 5.92. The van der Waals surface area contributed by atoms with E-state index in [2.05, 4.69) is 15.6 Å². The maximum Gasteiger partial charge on any atom is 0.416 e. The number of allylic oxidation sites excluding steroid dienone is 3. The number of amides is 1. The zero-order chi connectivity index (χ0) is 31.7. The summed E-state index contributed by atoms with van der Waals surface area (Å²) in [7, 11) is 0. The van der Waals surface area contributed by atoms with Crippen LogP contribution in [0, 0.1) is 6.92 Å². The van der Waals surface area contributed by atoms with E-state index >= 15 is 0 Å². The number of dihydropyridines is 1. The smallest absolute Gasteiger partial charge is 0.416 e. The number of hydrogen-bond donors (Lipinski definition) is 2. The van der Waals surface area contributed by atoms with Gasteiger partial charge in [0.15, 0.2) is 5.78 Å². The van der Waals surface area contributed by atoms with Crippen molar-refractivity contribution < 1.29 is 31.9 Å². The highest BCUT2D eigenvalue weighted by Crippen LogP contribution is 2.46. The van der Waals surface area contributed by atoms with Crippen LogP contribution in [0.1, 0.15) is 59.8 Å². The molecule has 0 fully saturated rings. The van der Waals surface area contributed by atoms with Crippen LogP contribution in [0.2, 0.25) is 0 Å². The third kappa shape index (κ3) is 6.40. The molecule has 2 aliphatic rings. The Hall–Kier alpha value is -5.12. The minimum atomic E-state index is -4.50.